The van der Waals surface area contributed by atoms with Crippen molar-refractivity contribution in [2.45, 2.75) is 16.6 Å². The summed E-state index contributed by atoms with van der Waals surface area (Å²) < 4.78 is 13.9. The number of halogens is 1. The van der Waals surface area contributed by atoms with Crippen LogP contribution in [0.5, 0.6) is 0 Å². The lowest BCUT2D eigenvalue weighted by molar-refractivity contribution is 0.625. The molecule has 0 spiro atoms. The van der Waals surface area contributed by atoms with Crippen molar-refractivity contribution in [1.29, 1.82) is 0 Å². The van der Waals surface area contributed by atoms with Gasteiger partial charge in [0.1, 0.15) is 5.82 Å². The van der Waals surface area contributed by atoms with Gasteiger partial charge in [-0.25, -0.2) is 4.39 Å². The van der Waals surface area contributed by atoms with E-state index in [2.05, 4.69) is 53.8 Å². The van der Waals surface area contributed by atoms with E-state index in [9.17, 15) is 4.39 Å². The summed E-state index contributed by atoms with van der Waals surface area (Å²) in [5.41, 5.74) is 7.24. The molecule has 1 atom stereocenters. The highest BCUT2D eigenvalue weighted by Crippen LogP contribution is 2.52. The van der Waals surface area contributed by atoms with E-state index < -0.39 is 0 Å². The van der Waals surface area contributed by atoms with Gasteiger partial charge in [0.05, 0.1) is 10.9 Å². The molecule has 1 aliphatic carbocycles. The molecule has 1 aliphatic heterocycles. The van der Waals surface area contributed by atoms with Gasteiger partial charge in [-0.05, 0) is 47.4 Å². The molecule has 0 aromatic heterocycles. The highest BCUT2D eigenvalue weighted by atomic mass is 32.2. The van der Waals surface area contributed by atoms with Crippen LogP contribution in [0.4, 0.5) is 10.1 Å². The van der Waals surface area contributed by atoms with E-state index in [-0.39, 0.29) is 11.1 Å². The van der Waals surface area contributed by atoms with Crippen LogP contribution in [0, 0.1) is 5.82 Å². The molecular formula is C22H16FNS. The number of rotatable bonds is 1. The van der Waals surface area contributed by atoms with E-state index >= 15 is 0 Å². The molecule has 3 heteroatoms. The summed E-state index contributed by atoms with van der Waals surface area (Å²) in [6, 6.07) is 23.9. The molecule has 3 aromatic carbocycles. The Bertz CT molecular complexity index is 1010. The normalized spacial score (nSPS) is 18.0. The lowest BCUT2D eigenvalue weighted by Gasteiger charge is -2.18. The van der Waals surface area contributed by atoms with Crippen molar-refractivity contribution in [3.63, 3.8) is 0 Å². The molecule has 0 saturated carbocycles. The molecule has 122 valence electrons. The standard InChI is InChI=1S/C22H16FNS/c23-16-8-5-7-15(12-16)22-18-13-14-6-1-2-9-17(14)21(18)24-19-10-3-4-11-20(19)25-22/h1-12,22,24H,13H2. The Hall–Kier alpha value is -2.52. The molecular weight excluding hydrogens is 329 g/mol. The number of benzene rings is 3. The topological polar surface area (TPSA) is 12.0 Å². The van der Waals surface area contributed by atoms with Gasteiger partial charge in [-0.2, -0.15) is 0 Å². The maximum atomic E-state index is 13.9. The van der Waals surface area contributed by atoms with E-state index in [0.717, 1.165) is 17.7 Å². The summed E-state index contributed by atoms with van der Waals surface area (Å²) in [7, 11) is 0. The third-order valence-electron chi connectivity index (χ3n) is 4.85. The predicted octanol–water partition coefficient (Wildman–Crippen LogP) is 6.05. The maximum Gasteiger partial charge on any atom is 0.123 e. The first-order valence-corrected chi connectivity index (χ1v) is 9.27. The zero-order valence-electron chi connectivity index (χ0n) is 13.5. The van der Waals surface area contributed by atoms with Crippen LogP contribution in [0.3, 0.4) is 0 Å². The summed E-state index contributed by atoms with van der Waals surface area (Å²) in [4.78, 5) is 1.20. The third kappa shape index (κ3) is 2.47. The van der Waals surface area contributed by atoms with E-state index in [0.29, 0.717) is 0 Å². The van der Waals surface area contributed by atoms with Gasteiger partial charge in [0.15, 0.2) is 0 Å². The van der Waals surface area contributed by atoms with Crippen molar-refractivity contribution in [3.05, 3.63) is 101 Å². The average molecular weight is 345 g/mol. The van der Waals surface area contributed by atoms with Crippen LogP contribution in [-0.2, 0) is 6.42 Å². The fourth-order valence-corrected chi connectivity index (χ4v) is 4.98. The molecule has 2 aliphatic rings. The fourth-order valence-electron chi connectivity index (χ4n) is 3.70. The lowest BCUT2D eigenvalue weighted by atomic mass is 10.0. The predicted molar refractivity (Wildman–Crippen MR) is 102 cm³/mol. The number of para-hydroxylation sites is 1. The van der Waals surface area contributed by atoms with Crippen molar-refractivity contribution < 1.29 is 4.39 Å². The van der Waals surface area contributed by atoms with Crippen molar-refractivity contribution in [2.75, 3.05) is 5.32 Å². The van der Waals surface area contributed by atoms with Gasteiger partial charge in [0.2, 0.25) is 0 Å². The lowest BCUT2D eigenvalue weighted by Crippen LogP contribution is -2.02. The third-order valence-corrected chi connectivity index (χ3v) is 6.25. The minimum Gasteiger partial charge on any atom is -0.354 e. The Morgan fingerprint density at radius 1 is 0.920 bits per heavy atom. The molecule has 3 aromatic rings. The Morgan fingerprint density at radius 2 is 1.76 bits per heavy atom. The molecule has 0 bridgehead atoms. The minimum atomic E-state index is -0.179. The zero-order chi connectivity index (χ0) is 16.8. The van der Waals surface area contributed by atoms with Crippen LogP contribution in [0.25, 0.3) is 5.70 Å². The number of hydrogen-bond donors (Lipinski definition) is 1. The van der Waals surface area contributed by atoms with E-state index in [4.69, 9.17) is 0 Å². The van der Waals surface area contributed by atoms with Crippen LogP contribution in [0.15, 0.2) is 83.3 Å². The van der Waals surface area contributed by atoms with Gasteiger partial charge >= 0.3 is 0 Å². The number of fused-ring (bicyclic) bond motifs is 3. The number of hydrogen-bond acceptors (Lipinski definition) is 2. The largest absolute Gasteiger partial charge is 0.354 e. The molecule has 5 rings (SSSR count). The van der Waals surface area contributed by atoms with Crippen LogP contribution >= 0.6 is 11.8 Å². The second kappa shape index (κ2) is 5.78. The van der Waals surface area contributed by atoms with Crippen LogP contribution in [0.2, 0.25) is 0 Å². The van der Waals surface area contributed by atoms with E-state index in [1.54, 1.807) is 23.9 Å². The zero-order valence-corrected chi connectivity index (χ0v) is 14.3. The van der Waals surface area contributed by atoms with Crippen LogP contribution in [-0.4, -0.2) is 0 Å². The number of nitrogens with one attached hydrogen (secondary N) is 1. The molecule has 0 amide bonds. The molecule has 1 N–H and O–H groups in total. The van der Waals surface area contributed by atoms with Crippen molar-refractivity contribution in [3.8, 4) is 0 Å². The van der Waals surface area contributed by atoms with Crippen molar-refractivity contribution in [1.82, 2.24) is 0 Å². The van der Waals surface area contributed by atoms with Gasteiger partial charge < -0.3 is 5.32 Å². The number of anilines is 1. The van der Waals surface area contributed by atoms with Gasteiger partial charge in [-0.15, -0.1) is 11.8 Å². The first-order chi connectivity index (χ1) is 12.3. The Kier molecular flexibility index (Phi) is 3.42. The minimum absolute atomic E-state index is 0.106. The SMILES string of the molecule is Fc1cccc(C2Sc3ccccc3NC3=C2Cc2ccccc23)c1. The summed E-state index contributed by atoms with van der Waals surface area (Å²) in [6.45, 7) is 0. The molecule has 25 heavy (non-hydrogen) atoms. The summed E-state index contributed by atoms with van der Waals surface area (Å²) in [5, 5.41) is 3.76. The van der Waals surface area contributed by atoms with Crippen LogP contribution in [0.1, 0.15) is 21.9 Å². The fraction of sp³-hybridized carbons (Fsp3) is 0.0909. The smallest absolute Gasteiger partial charge is 0.123 e. The first-order valence-electron chi connectivity index (χ1n) is 8.39. The average Bonchev–Trinajstić information content (AvgIpc) is 2.90. The highest BCUT2D eigenvalue weighted by Gasteiger charge is 2.32. The van der Waals surface area contributed by atoms with Crippen LogP contribution < -0.4 is 5.32 Å². The second-order valence-corrected chi connectivity index (χ2v) is 7.56. The quantitative estimate of drug-likeness (QED) is 0.576. The van der Waals surface area contributed by atoms with Gasteiger partial charge in [-0.3, -0.25) is 0 Å². The highest BCUT2D eigenvalue weighted by molar-refractivity contribution is 8.00. The van der Waals surface area contributed by atoms with Crippen molar-refractivity contribution in [2.24, 2.45) is 0 Å². The Labute approximate surface area is 150 Å². The van der Waals surface area contributed by atoms with Gasteiger partial charge in [0, 0.05) is 16.2 Å². The monoisotopic (exact) mass is 345 g/mol. The van der Waals surface area contributed by atoms with Crippen molar-refractivity contribution >= 4 is 23.1 Å². The van der Waals surface area contributed by atoms with Gasteiger partial charge in [0.25, 0.3) is 0 Å². The molecule has 0 saturated heterocycles. The molecule has 0 radical (unpaired) electrons. The van der Waals surface area contributed by atoms with E-state index in [1.807, 2.05) is 6.07 Å². The molecule has 1 heterocycles. The molecule has 0 fully saturated rings. The number of thioether (sulfide) groups is 1. The summed E-state index contributed by atoms with van der Waals surface area (Å²) >= 11 is 1.80. The summed E-state index contributed by atoms with van der Waals surface area (Å²) in [6.07, 6.45) is 0.903. The first kappa shape index (κ1) is 14.8. The Morgan fingerprint density at radius 3 is 2.68 bits per heavy atom. The summed E-state index contributed by atoms with van der Waals surface area (Å²) in [5.74, 6) is -0.179. The second-order valence-electron chi connectivity index (χ2n) is 6.41. The van der Waals surface area contributed by atoms with E-state index in [1.165, 1.54) is 33.4 Å². The molecule has 1 nitrogen and oxygen atoms in total. The molecule has 1 unspecified atom stereocenters. The Balaban J connectivity index is 1.71. The van der Waals surface area contributed by atoms with Gasteiger partial charge in [-0.1, -0.05) is 48.5 Å². The maximum absolute atomic E-state index is 13.9.